The van der Waals surface area contributed by atoms with E-state index in [1.165, 1.54) is 12.1 Å². The first-order valence-corrected chi connectivity index (χ1v) is 6.94. The van der Waals surface area contributed by atoms with Gasteiger partial charge in [-0.15, -0.1) is 0 Å². The third kappa shape index (κ3) is 4.41. The number of ether oxygens (including phenoxy) is 1. The molecule has 0 aliphatic carbocycles. The molecule has 0 aromatic heterocycles. The van der Waals surface area contributed by atoms with Gasteiger partial charge in [-0.25, -0.2) is 14.3 Å². The number of carboxylic acids is 1. The van der Waals surface area contributed by atoms with Crippen LogP contribution in [0.1, 0.15) is 10.4 Å². The Bertz CT molecular complexity index is 615. The van der Waals surface area contributed by atoms with Crippen LogP contribution in [0.3, 0.4) is 0 Å². The molecule has 1 aromatic rings. The summed E-state index contributed by atoms with van der Waals surface area (Å²) in [5.74, 6) is -1.21. The topological polar surface area (TPSA) is 122 Å². The lowest BCUT2D eigenvalue weighted by molar-refractivity contribution is 0.0697. The monoisotopic (exact) mass is 352 g/mol. The third-order valence-corrected chi connectivity index (χ3v) is 3.48. The molecule has 0 atom stereocenters. The second-order valence-corrected chi connectivity index (χ2v) is 5.47. The molecule has 104 valence electrons. The highest BCUT2D eigenvalue weighted by Gasteiger charge is 2.17. The molecule has 0 bridgehead atoms. The highest BCUT2D eigenvalue weighted by Crippen LogP contribution is 2.24. The van der Waals surface area contributed by atoms with E-state index in [2.05, 4.69) is 20.7 Å². The number of hydrogen-bond acceptors (Lipinski definition) is 5. The van der Waals surface area contributed by atoms with E-state index in [9.17, 15) is 18.0 Å². The average Bonchev–Trinajstić information content (AvgIpc) is 2.30. The molecule has 0 unspecified atom stereocenters. The minimum atomic E-state index is -4.21. The summed E-state index contributed by atoms with van der Waals surface area (Å²) in [6.45, 7) is 0. The molecule has 0 fully saturated rings. The normalized spacial score (nSPS) is 10.6. The quantitative estimate of drug-likeness (QED) is 0.747. The minimum Gasteiger partial charge on any atom is -0.478 e. The van der Waals surface area contributed by atoms with Crippen molar-refractivity contribution in [2.45, 2.75) is 0 Å². The van der Waals surface area contributed by atoms with Gasteiger partial charge in [0.15, 0.2) is 0 Å². The molecule has 0 radical (unpaired) electrons. The Balaban J connectivity index is 3.02. The molecular formula is C9H9BrN2O6S. The van der Waals surface area contributed by atoms with E-state index in [4.69, 9.17) is 5.11 Å². The Labute approximate surface area is 117 Å². The maximum absolute atomic E-state index is 11.5. The van der Waals surface area contributed by atoms with E-state index < -0.39 is 22.3 Å². The van der Waals surface area contributed by atoms with Crippen LogP contribution in [0.2, 0.25) is 0 Å². The summed E-state index contributed by atoms with van der Waals surface area (Å²) < 4.78 is 31.0. The van der Waals surface area contributed by atoms with Gasteiger partial charge in [0, 0.05) is 4.47 Å². The van der Waals surface area contributed by atoms with Gasteiger partial charge in [0.05, 0.1) is 18.4 Å². The lowest BCUT2D eigenvalue weighted by Gasteiger charge is -2.10. The summed E-state index contributed by atoms with van der Waals surface area (Å²) in [6.07, 6.45) is -1.17. The van der Waals surface area contributed by atoms with Gasteiger partial charge in [-0.2, -0.15) is 8.42 Å². The maximum atomic E-state index is 11.5. The smallest absolute Gasteiger partial charge is 0.422 e. The number of amides is 1. The van der Waals surface area contributed by atoms with Gasteiger partial charge in [0.2, 0.25) is 0 Å². The predicted octanol–water partition coefficient (Wildman–Crippen LogP) is 1.16. The molecule has 3 N–H and O–H groups in total. The van der Waals surface area contributed by atoms with E-state index in [0.29, 0.717) is 4.47 Å². The van der Waals surface area contributed by atoms with Crippen LogP contribution in [0, 0.1) is 0 Å². The van der Waals surface area contributed by atoms with Crippen molar-refractivity contribution >= 4 is 43.9 Å². The van der Waals surface area contributed by atoms with Gasteiger partial charge in [0.1, 0.15) is 0 Å². The number of carbonyl (C=O) groups is 2. The maximum Gasteiger partial charge on any atom is 0.422 e. The Morgan fingerprint density at radius 3 is 2.53 bits per heavy atom. The van der Waals surface area contributed by atoms with Crippen LogP contribution in [0.5, 0.6) is 0 Å². The summed E-state index contributed by atoms with van der Waals surface area (Å²) in [5.41, 5.74) is -0.143. The van der Waals surface area contributed by atoms with Crippen molar-refractivity contribution in [2.75, 3.05) is 11.8 Å². The number of methoxy groups -OCH3 is 1. The molecule has 19 heavy (non-hydrogen) atoms. The van der Waals surface area contributed by atoms with Crippen LogP contribution >= 0.6 is 15.9 Å². The first-order valence-electron chi connectivity index (χ1n) is 4.66. The van der Waals surface area contributed by atoms with Gasteiger partial charge in [-0.1, -0.05) is 0 Å². The summed E-state index contributed by atoms with van der Waals surface area (Å²) in [6, 6.07) is 3.75. The number of benzene rings is 1. The second kappa shape index (κ2) is 5.89. The van der Waals surface area contributed by atoms with Gasteiger partial charge in [-0.3, -0.25) is 4.72 Å². The zero-order chi connectivity index (χ0) is 14.6. The molecule has 1 aromatic carbocycles. The van der Waals surface area contributed by atoms with Gasteiger partial charge in [0.25, 0.3) is 0 Å². The lowest BCUT2D eigenvalue weighted by atomic mass is 10.2. The van der Waals surface area contributed by atoms with Crippen LogP contribution in [0.15, 0.2) is 22.7 Å². The average molecular weight is 353 g/mol. The molecule has 1 amide bonds. The van der Waals surface area contributed by atoms with Crippen LogP contribution < -0.4 is 9.44 Å². The molecule has 1 rings (SSSR count). The fourth-order valence-corrected chi connectivity index (χ4v) is 2.35. The van der Waals surface area contributed by atoms with Crippen molar-refractivity contribution in [3.05, 3.63) is 28.2 Å². The van der Waals surface area contributed by atoms with Crippen LogP contribution in [-0.2, 0) is 14.9 Å². The van der Waals surface area contributed by atoms with Crippen molar-refractivity contribution in [1.82, 2.24) is 4.72 Å². The van der Waals surface area contributed by atoms with Crippen LogP contribution in [-0.4, -0.2) is 32.7 Å². The third-order valence-electron chi connectivity index (χ3n) is 1.86. The fourth-order valence-electron chi connectivity index (χ4n) is 1.06. The number of aromatic carboxylic acids is 1. The number of carbonyl (C=O) groups excluding carboxylic acids is 1. The largest absolute Gasteiger partial charge is 0.478 e. The first-order chi connectivity index (χ1) is 8.75. The van der Waals surface area contributed by atoms with Crippen LogP contribution in [0.25, 0.3) is 0 Å². The standard InChI is InChI=1S/C9H9BrN2O6S/c1-18-9(15)12-19(16,17)11-7-4-5(8(13)14)2-3-6(7)10/h2-4,11H,1H3,(H,12,15)(H,13,14). The summed E-state index contributed by atoms with van der Waals surface area (Å²) in [7, 11) is -3.20. The molecule has 10 heteroatoms. The molecule has 8 nitrogen and oxygen atoms in total. The number of rotatable bonds is 4. The highest BCUT2D eigenvalue weighted by molar-refractivity contribution is 9.10. The summed E-state index contributed by atoms with van der Waals surface area (Å²) >= 11 is 3.05. The van der Waals surface area contributed by atoms with Gasteiger partial charge < -0.3 is 9.84 Å². The van der Waals surface area contributed by atoms with E-state index in [0.717, 1.165) is 13.2 Å². The SMILES string of the molecule is COC(=O)NS(=O)(=O)Nc1cc(C(=O)O)ccc1Br. The van der Waals surface area contributed by atoms with Crippen molar-refractivity contribution in [1.29, 1.82) is 0 Å². The zero-order valence-electron chi connectivity index (χ0n) is 9.51. The minimum absolute atomic E-state index is 0.0312. The fraction of sp³-hybridized carbons (Fsp3) is 0.111. The predicted molar refractivity (Wildman–Crippen MR) is 69.2 cm³/mol. The second-order valence-electron chi connectivity index (χ2n) is 3.20. The summed E-state index contributed by atoms with van der Waals surface area (Å²) in [5, 5.41) is 8.80. The number of anilines is 1. The zero-order valence-corrected chi connectivity index (χ0v) is 11.9. The van der Waals surface area contributed by atoms with Crippen molar-refractivity contribution in [3.63, 3.8) is 0 Å². The molecule has 0 saturated carbocycles. The lowest BCUT2D eigenvalue weighted by Crippen LogP contribution is -2.35. The highest BCUT2D eigenvalue weighted by atomic mass is 79.9. The molecule has 0 heterocycles. The Hall–Kier alpha value is -1.81. The molecule has 0 aliphatic heterocycles. The number of halogens is 1. The Morgan fingerprint density at radius 2 is 2.00 bits per heavy atom. The van der Waals surface area contributed by atoms with Crippen LogP contribution in [0.4, 0.5) is 10.5 Å². The van der Waals surface area contributed by atoms with Crippen molar-refractivity contribution < 1.29 is 27.9 Å². The van der Waals surface area contributed by atoms with E-state index >= 15 is 0 Å². The van der Waals surface area contributed by atoms with Crippen molar-refractivity contribution in [3.8, 4) is 0 Å². The number of hydrogen-bond donors (Lipinski definition) is 3. The number of nitrogens with one attached hydrogen (secondary N) is 2. The molecule has 0 spiro atoms. The first kappa shape index (κ1) is 15.2. The number of carboxylic acid groups (broad SMARTS) is 1. The Morgan fingerprint density at radius 1 is 1.37 bits per heavy atom. The summed E-state index contributed by atoms with van der Waals surface area (Å²) in [4.78, 5) is 21.6. The van der Waals surface area contributed by atoms with E-state index in [1.807, 2.05) is 4.72 Å². The van der Waals surface area contributed by atoms with Gasteiger partial charge in [-0.05, 0) is 34.1 Å². The Kier molecular flexibility index (Phi) is 4.72. The van der Waals surface area contributed by atoms with E-state index in [1.54, 1.807) is 4.72 Å². The molecular weight excluding hydrogens is 344 g/mol. The van der Waals surface area contributed by atoms with E-state index in [-0.39, 0.29) is 11.3 Å². The molecule has 0 aliphatic rings. The molecule has 0 saturated heterocycles. The van der Waals surface area contributed by atoms with Crippen molar-refractivity contribution in [2.24, 2.45) is 0 Å². The van der Waals surface area contributed by atoms with Gasteiger partial charge >= 0.3 is 22.3 Å².